The highest BCUT2D eigenvalue weighted by atomic mass is 35.5. The van der Waals surface area contributed by atoms with Crippen molar-refractivity contribution >= 4 is 30.7 Å². The SMILES string of the molecule is CCN(Cc1cnn(C)c1)C(=O)CC1CC2CCC(C1)N2.Cl.Cl. The number of piperidine rings is 1. The highest BCUT2D eigenvalue weighted by Gasteiger charge is 2.34. The summed E-state index contributed by atoms with van der Waals surface area (Å²) in [4.78, 5) is 14.5. The van der Waals surface area contributed by atoms with Gasteiger partial charge in [-0.3, -0.25) is 9.48 Å². The monoisotopic (exact) mass is 362 g/mol. The van der Waals surface area contributed by atoms with Gasteiger partial charge in [-0.25, -0.2) is 0 Å². The Labute approximate surface area is 151 Å². The van der Waals surface area contributed by atoms with Gasteiger partial charge in [-0.05, 0) is 38.5 Å². The average Bonchev–Trinajstić information content (AvgIpc) is 3.01. The molecule has 1 N–H and O–H groups in total. The summed E-state index contributed by atoms with van der Waals surface area (Å²) in [5, 5.41) is 7.82. The zero-order valence-electron chi connectivity index (χ0n) is 13.9. The Morgan fingerprint density at radius 1 is 1.35 bits per heavy atom. The van der Waals surface area contributed by atoms with Gasteiger partial charge in [0.15, 0.2) is 0 Å². The lowest BCUT2D eigenvalue weighted by atomic mass is 9.89. The van der Waals surface area contributed by atoms with Crippen LogP contribution in [0.3, 0.4) is 0 Å². The molecule has 2 aliphatic rings. The first-order valence-corrected chi connectivity index (χ1v) is 8.15. The molecule has 1 amide bonds. The first kappa shape index (κ1) is 20.3. The fraction of sp³-hybridized carbons (Fsp3) is 0.750. The topological polar surface area (TPSA) is 50.2 Å². The Bertz CT molecular complexity index is 496. The zero-order chi connectivity index (χ0) is 14.8. The van der Waals surface area contributed by atoms with Crippen molar-refractivity contribution in [2.75, 3.05) is 6.54 Å². The van der Waals surface area contributed by atoms with Crippen molar-refractivity contribution in [1.29, 1.82) is 0 Å². The average molecular weight is 363 g/mol. The Morgan fingerprint density at radius 2 is 2.00 bits per heavy atom. The number of nitrogens with zero attached hydrogens (tertiary/aromatic N) is 3. The van der Waals surface area contributed by atoms with Crippen LogP contribution in [0.15, 0.2) is 12.4 Å². The molecular weight excluding hydrogens is 335 g/mol. The van der Waals surface area contributed by atoms with Crippen LogP contribution in [0, 0.1) is 5.92 Å². The number of aryl methyl sites for hydroxylation is 1. The number of fused-ring (bicyclic) bond motifs is 2. The first-order valence-electron chi connectivity index (χ1n) is 8.15. The molecule has 2 aliphatic heterocycles. The van der Waals surface area contributed by atoms with Crippen LogP contribution in [-0.2, 0) is 18.4 Å². The van der Waals surface area contributed by atoms with Gasteiger partial charge in [0.05, 0.1) is 6.20 Å². The van der Waals surface area contributed by atoms with Crippen molar-refractivity contribution in [2.45, 2.75) is 57.7 Å². The second kappa shape index (κ2) is 8.90. The van der Waals surface area contributed by atoms with Crippen LogP contribution in [0.4, 0.5) is 0 Å². The fourth-order valence-electron chi connectivity index (χ4n) is 3.87. The molecule has 7 heteroatoms. The molecule has 0 spiro atoms. The molecule has 132 valence electrons. The summed E-state index contributed by atoms with van der Waals surface area (Å²) in [5.41, 5.74) is 1.11. The highest BCUT2D eigenvalue weighted by Crippen LogP contribution is 2.33. The van der Waals surface area contributed by atoms with E-state index in [1.54, 1.807) is 4.68 Å². The van der Waals surface area contributed by atoms with Gasteiger partial charge < -0.3 is 10.2 Å². The quantitative estimate of drug-likeness (QED) is 0.875. The number of carbonyl (C=O) groups is 1. The molecule has 3 rings (SSSR count). The molecule has 2 bridgehead atoms. The number of rotatable bonds is 5. The van der Waals surface area contributed by atoms with Crippen LogP contribution in [-0.4, -0.2) is 39.2 Å². The second-order valence-corrected chi connectivity index (χ2v) is 6.61. The lowest BCUT2D eigenvalue weighted by Gasteiger charge is -2.30. The molecule has 2 atom stereocenters. The van der Waals surface area contributed by atoms with Gasteiger partial charge >= 0.3 is 0 Å². The first-order chi connectivity index (χ1) is 10.1. The molecule has 0 radical (unpaired) electrons. The Balaban J connectivity index is 0.00000132. The van der Waals surface area contributed by atoms with Crippen LogP contribution in [0.2, 0.25) is 0 Å². The molecule has 1 aromatic heterocycles. The summed E-state index contributed by atoms with van der Waals surface area (Å²) in [6.07, 6.45) is 9.48. The molecule has 2 saturated heterocycles. The van der Waals surface area contributed by atoms with Gasteiger partial charge in [-0.1, -0.05) is 0 Å². The molecular formula is C16H28Cl2N4O. The minimum atomic E-state index is 0. The van der Waals surface area contributed by atoms with Crippen molar-refractivity contribution < 1.29 is 4.79 Å². The summed E-state index contributed by atoms with van der Waals surface area (Å²) < 4.78 is 1.79. The molecule has 23 heavy (non-hydrogen) atoms. The molecule has 2 fully saturated rings. The van der Waals surface area contributed by atoms with E-state index in [-0.39, 0.29) is 24.8 Å². The third kappa shape index (κ3) is 5.10. The summed E-state index contributed by atoms with van der Waals surface area (Å²) >= 11 is 0. The van der Waals surface area contributed by atoms with Crippen LogP contribution in [0.25, 0.3) is 0 Å². The molecule has 2 unspecified atom stereocenters. The van der Waals surface area contributed by atoms with Gasteiger partial charge in [0.25, 0.3) is 0 Å². The predicted molar refractivity (Wildman–Crippen MR) is 96.1 cm³/mol. The third-order valence-electron chi connectivity index (χ3n) is 4.90. The number of hydrogen-bond acceptors (Lipinski definition) is 3. The second-order valence-electron chi connectivity index (χ2n) is 6.61. The Kier molecular flexibility index (Phi) is 7.84. The van der Waals surface area contributed by atoms with Crippen molar-refractivity contribution in [1.82, 2.24) is 20.0 Å². The molecule has 0 saturated carbocycles. The smallest absolute Gasteiger partial charge is 0.223 e. The highest BCUT2D eigenvalue weighted by molar-refractivity contribution is 5.85. The third-order valence-corrected chi connectivity index (χ3v) is 4.90. The largest absolute Gasteiger partial charge is 0.339 e. The van der Waals surface area contributed by atoms with Crippen molar-refractivity contribution in [3.8, 4) is 0 Å². The van der Waals surface area contributed by atoms with E-state index in [1.165, 1.54) is 25.7 Å². The predicted octanol–water partition coefficient (Wildman–Crippen LogP) is 2.53. The number of amides is 1. The summed E-state index contributed by atoms with van der Waals surface area (Å²) in [6, 6.07) is 1.32. The number of hydrogen-bond donors (Lipinski definition) is 1. The van der Waals surface area contributed by atoms with E-state index < -0.39 is 0 Å². The Morgan fingerprint density at radius 3 is 2.52 bits per heavy atom. The maximum atomic E-state index is 12.6. The maximum absolute atomic E-state index is 12.6. The summed E-state index contributed by atoms with van der Waals surface area (Å²) in [6.45, 7) is 3.51. The number of aromatic nitrogens is 2. The fourth-order valence-corrected chi connectivity index (χ4v) is 3.87. The summed E-state index contributed by atoms with van der Waals surface area (Å²) in [7, 11) is 1.91. The summed E-state index contributed by atoms with van der Waals surface area (Å²) in [5.74, 6) is 0.867. The van der Waals surface area contributed by atoms with Crippen molar-refractivity contribution in [2.24, 2.45) is 13.0 Å². The van der Waals surface area contributed by atoms with Crippen LogP contribution in [0.1, 0.15) is 44.6 Å². The van der Waals surface area contributed by atoms with Gasteiger partial charge in [-0.2, -0.15) is 5.10 Å². The molecule has 3 heterocycles. The number of halogens is 2. The minimum absolute atomic E-state index is 0. The normalized spacial score (nSPS) is 25.4. The molecule has 1 aromatic rings. The zero-order valence-corrected chi connectivity index (χ0v) is 15.5. The van der Waals surface area contributed by atoms with E-state index in [2.05, 4.69) is 17.3 Å². The molecule has 0 aromatic carbocycles. The minimum Gasteiger partial charge on any atom is -0.339 e. The van der Waals surface area contributed by atoms with E-state index >= 15 is 0 Å². The van der Waals surface area contributed by atoms with E-state index in [1.807, 2.05) is 24.3 Å². The van der Waals surface area contributed by atoms with Gasteiger partial charge in [0.1, 0.15) is 0 Å². The van der Waals surface area contributed by atoms with Crippen LogP contribution < -0.4 is 5.32 Å². The van der Waals surface area contributed by atoms with Crippen LogP contribution >= 0.6 is 24.8 Å². The lowest BCUT2D eigenvalue weighted by molar-refractivity contribution is -0.132. The van der Waals surface area contributed by atoms with Crippen molar-refractivity contribution in [3.63, 3.8) is 0 Å². The number of carbonyl (C=O) groups excluding carboxylic acids is 1. The van der Waals surface area contributed by atoms with Gasteiger partial charge in [0, 0.05) is 50.4 Å². The maximum Gasteiger partial charge on any atom is 0.223 e. The Hall–Kier alpha value is -0.780. The van der Waals surface area contributed by atoms with Crippen molar-refractivity contribution in [3.05, 3.63) is 18.0 Å². The van der Waals surface area contributed by atoms with Gasteiger partial charge in [-0.15, -0.1) is 24.8 Å². The van der Waals surface area contributed by atoms with E-state index in [9.17, 15) is 4.79 Å². The van der Waals surface area contributed by atoms with Crippen LogP contribution in [0.5, 0.6) is 0 Å². The van der Waals surface area contributed by atoms with Gasteiger partial charge in [0.2, 0.25) is 5.91 Å². The molecule has 5 nitrogen and oxygen atoms in total. The van der Waals surface area contributed by atoms with E-state index in [0.29, 0.717) is 36.9 Å². The lowest BCUT2D eigenvalue weighted by Crippen LogP contribution is -2.40. The standard InChI is InChI=1S/C16H26N4O.2ClH/c1-3-20(11-13-9-17-19(2)10-13)16(21)8-12-6-14-4-5-15(7-12)18-14;;/h9-10,12,14-15,18H,3-8,11H2,1-2H3;2*1H. The number of nitrogens with one attached hydrogen (secondary N) is 1. The van der Waals surface area contributed by atoms with E-state index in [0.717, 1.165) is 12.1 Å². The molecule has 0 aliphatic carbocycles. The van der Waals surface area contributed by atoms with E-state index in [4.69, 9.17) is 0 Å².